The predicted octanol–water partition coefficient (Wildman–Crippen LogP) is 5.78. The lowest BCUT2D eigenvalue weighted by molar-refractivity contribution is -0.116. The van der Waals surface area contributed by atoms with Crippen LogP contribution in [0.3, 0.4) is 0 Å². The van der Waals surface area contributed by atoms with Gasteiger partial charge in [-0.15, -0.1) is 0 Å². The smallest absolute Gasteiger partial charge is 0.322 e. The SMILES string of the molecule is CCCNC(=O)N1c2ccccc2NC2=C(C(=O)CC(c3ccco3)C2)C1c1ccccc1OC. The van der Waals surface area contributed by atoms with Crippen LogP contribution in [0, 0.1) is 0 Å². The second-order valence-electron chi connectivity index (χ2n) is 8.82. The van der Waals surface area contributed by atoms with Crippen molar-refractivity contribution in [2.24, 2.45) is 0 Å². The number of amides is 2. The summed E-state index contributed by atoms with van der Waals surface area (Å²) in [5, 5.41) is 6.54. The van der Waals surface area contributed by atoms with Crippen LogP contribution in [0.2, 0.25) is 0 Å². The van der Waals surface area contributed by atoms with Crippen molar-refractivity contribution < 1.29 is 18.7 Å². The lowest BCUT2D eigenvalue weighted by Crippen LogP contribution is -2.44. The molecule has 2 aromatic carbocycles. The van der Waals surface area contributed by atoms with Crippen molar-refractivity contribution in [2.45, 2.75) is 38.1 Å². The fourth-order valence-corrected chi connectivity index (χ4v) is 5.04. The normalized spacial score (nSPS) is 19.4. The molecule has 35 heavy (non-hydrogen) atoms. The van der Waals surface area contributed by atoms with Crippen molar-refractivity contribution in [3.8, 4) is 5.75 Å². The van der Waals surface area contributed by atoms with Crippen molar-refractivity contribution in [2.75, 3.05) is 23.9 Å². The molecule has 2 aliphatic rings. The maximum Gasteiger partial charge on any atom is 0.322 e. The number of anilines is 2. The first-order chi connectivity index (χ1) is 17.1. The van der Waals surface area contributed by atoms with Gasteiger partial charge in [-0.25, -0.2) is 4.79 Å². The van der Waals surface area contributed by atoms with E-state index in [1.807, 2.05) is 67.6 Å². The highest BCUT2D eigenvalue weighted by atomic mass is 16.5. The Bertz CT molecular complexity index is 1260. The van der Waals surface area contributed by atoms with Gasteiger partial charge in [-0.3, -0.25) is 9.69 Å². The van der Waals surface area contributed by atoms with E-state index in [0.717, 1.165) is 29.1 Å². The molecule has 2 atom stereocenters. The summed E-state index contributed by atoms with van der Waals surface area (Å²) in [6.07, 6.45) is 3.34. The minimum Gasteiger partial charge on any atom is -0.496 e. The number of nitrogens with one attached hydrogen (secondary N) is 2. The van der Waals surface area contributed by atoms with Gasteiger partial charge in [0.25, 0.3) is 0 Å². The van der Waals surface area contributed by atoms with E-state index in [1.54, 1.807) is 18.3 Å². The van der Waals surface area contributed by atoms with Gasteiger partial charge >= 0.3 is 6.03 Å². The van der Waals surface area contributed by atoms with Crippen LogP contribution in [0.15, 0.2) is 82.6 Å². The van der Waals surface area contributed by atoms with E-state index >= 15 is 0 Å². The largest absolute Gasteiger partial charge is 0.496 e. The zero-order valence-corrected chi connectivity index (χ0v) is 19.9. The quantitative estimate of drug-likeness (QED) is 0.493. The number of furan rings is 1. The number of ketones is 1. The van der Waals surface area contributed by atoms with Crippen LogP contribution in [-0.2, 0) is 4.79 Å². The molecule has 180 valence electrons. The van der Waals surface area contributed by atoms with Gasteiger partial charge in [0, 0.05) is 35.7 Å². The molecule has 2 heterocycles. The molecule has 7 heteroatoms. The Labute approximate surface area is 204 Å². The fourth-order valence-electron chi connectivity index (χ4n) is 5.04. The maximum atomic E-state index is 13.9. The molecule has 0 saturated heterocycles. The van der Waals surface area contributed by atoms with Crippen molar-refractivity contribution in [3.05, 3.63) is 89.5 Å². The molecule has 0 radical (unpaired) electrons. The molecule has 0 bridgehead atoms. The van der Waals surface area contributed by atoms with Crippen LogP contribution >= 0.6 is 0 Å². The number of ether oxygens (including phenoxy) is 1. The summed E-state index contributed by atoms with van der Waals surface area (Å²) >= 11 is 0. The second kappa shape index (κ2) is 9.70. The van der Waals surface area contributed by atoms with Crippen LogP contribution < -0.4 is 20.3 Å². The summed E-state index contributed by atoms with van der Waals surface area (Å²) in [5.41, 5.74) is 3.63. The average Bonchev–Trinajstić information content (AvgIpc) is 3.37. The standard InChI is InChI=1S/C28H29N3O4/c1-3-14-29-28(33)31-22-11-6-5-10-20(22)30-21-16-18(24-13-8-15-35-24)17-23(32)26(21)27(31)19-9-4-7-12-25(19)34-2/h4-13,15,18,27,30H,3,14,16-17H2,1-2H3,(H,29,33). The summed E-state index contributed by atoms with van der Waals surface area (Å²) in [7, 11) is 1.61. The van der Waals surface area contributed by atoms with Gasteiger partial charge in [0.05, 0.1) is 30.8 Å². The van der Waals surface area contributed by atoms with Gasteiger partial charge in [-0.1, -0.05) is 37.3 Å². The number of allylic oxidation sites excluding steroid dienone is 1. The van der Waals surface area contributed by atoms with E-state index in [4.69, 9.17) is 9.15 Å². The zero-order valence-electron chi connectivity index (χ0n) is 19.9. The third-order valence-electron chi connectivity index (χ3n) is 6.61. The highest BCUT2D eigenvalue weighted by Crippen LogP contribution is 2.48. The van der Waals surface area contributed by atoms with Crippen LogP contribution in [0.5, 0.6) is 5.75 Å². The molecule has 2 N–H and O–H groups in total. The number of urea groups is 1. The van der Waals surface area contributed by atoms with Crippen LogP contribution in [0.1, 0.15) is 49.5 Å². The van der Waals surface area contributed by atoms with Crippen molar-refractivity contribution in [1.29, 1.82) is 0 Å². The first kappa shape index (κ1) is 22.8. The Morgan fingerprint density at radius 3 is 2.69 bits per heavy atom. The van der Waals surface area contributed by atoms with Gasteiger partial charge < -0.3 is 19.8 Å². The Kier molecular flexibility index (Phi) is 6.31. The molecule has 3 aromatic rings. The number of hydrogen-bond acceptors (Lipinski definition) is 5. The second-order valence-corrected chi connectivity index (χ2v) is 8.82. The maximum absolute atomic E-state index is 13.9. The number of methoxy groups -OCH3 is 1. The molecule has 1 aliphatic heterocycles. The number of hydrogen-bond donors (Lipinski definition) is 2. The zero-order chi connectivity index (χ0) is 24.4. The van der Waals surface area contributed by atoms with Crippen LogP contribution in [0.4, 0.5) is 16.2 Å². The molecule has 2 amide bonds. The highest BCUT2D eigenvalue weighted by molar-refractivity contribution is 6.06. The van der Waals surface area contributed by atoms with Gasteiger partial charge in [0.2, 0.25) is 0 Å². The molecular formula is C28H29N3O4. The van der Waals surface area contributed by atoms with E-state index in [9.17, 15) is 9.59 Å². The Morgan fingerprint density at radius 1 is 1.11 bits per heavy atom. The first-order valence-electron chi connectivity index (χ1n) is 12.0. The summed E-state index contributed by atoms with van der Waals surface area (Å²) in [5.74, 6) is 1.32. The molecule has 0 fully saturated rings. The minimum atomic E-state index is -0.654. The lowest BCUT2D eigenvalue weighted by Gasteiger charge is -2.35. The molecule has 0 spiro atoms. The molecule has 1 aliphatic carbocycles. The summed E-state index contributed by atoms with van der Waals surface area (Å²) in [6.45, 7) is 2.54. The third kappa shape index (κ3) is 4.18. The first-order valence-corrected chi connectivity index (χ1v) is 12.0. The number of fused-ring (bicyclic) bond motifs is 1. The van der Waals surface area contributed by atoms with Gasteiger partial charge in [-0.05, 0) is 43.2 Å². The Hall–Kier alpha value is -4.00. The van der Waals surface area contributed by atoms with E-state index in [0.29, 0.717) is 36.4 Å². The van der Waals surface area contributed by atoms with E-state index in [2.05, 4.69) is 10.6 Å². The average molecular weight is 472 g/mol. The number of Topliss-reactive ketones (excluding diaryl/α,β-unsaturated/α-hetero) is 1. The minimum absolute atomic E-state index is 0.0165. The molecule has 7 nitrogen and oxygen atoms in total. The van der Waals surface area contributed by atoms with Gasteiger partial charge in [-0.2, -0.15) is 0 Å². The van der Waals surface area contributed by atoms with E-state index < -0.39 is 6.04 Å². The van der Waals surface area contributed by atoms with Crippen molar-refractivity contribution >= 4 is 23.2 Å². The summed E-state index contributed by atoms with van der Waals surface area (Å²) < 4.78 is 11.4. The molecule has 1 aromatic heterocycles. The number of para-hydroxylation sites is 3. The number of carbonyl (C=O) groups is 2. The van der Waals surface area contributed by atoms with Gasteiger partial charge in [0.15, 0.2) is 5.78 Å². The summed E-state index contributed by atoms with van der Waals surface area (Å²) in [4.78, 5) is 29.2. The monoisotopic (exact) mass is 471 g/mol. The molecular weight excluding hydrogens is 442 g/mol. The number of carbonyl (C=O) groups excluding carboxylic acids is 2. The highest BCUT2D eigenvalue weighted by Gasteiger charge is 2.43. The predicted molar refractivity (Wildman–Crippen MR) is 135 cm³/mol. The number of nitrogens with zero attached hydrogens (tertiary/aromatic N) is 1. The fraction of sp³-hybridized carbons (Fsp3) is 0.286. The third-order valence-corrected chi connectivity index (χ3v) is 6.61. The number of rotatable bonds is 5. The molecule has 2 unspecified atom stereocenters. The van der Waals surface area contributed by atoms with Gasteiger partial charge in [0.1, 0.15) is 11.5 Å². The number of benzene rings is 2. The summed E-state index contributed by atoms with van der Waals surface area (Å²) in [6, 6.07) is 18.1. The van der Waals surface area contributed by atoms with E-state index in [-0.39, 0.29) is 17.7 Å². The topological polar surface area (TPSA) is 83.8 Å². The van der Waals surface area contributed by atoms with Crippen LogP contribution in [0.25, 0.3) is 0 Å². The Balaban J connectivity index is 1.73. The van der Waals surface area contributed by atoms with Crippen LogP contribution in [-0.4, -0.2) is 25.5 Å². The Morgan fingerprint density at radius 2 is 1.91 bits per heavy atom. The molecule has 5 rings (SSSR count). The van der Waals surface area contributed by atoms with Crippen molar-refractivity contribution in [3.63, 3.8) is 0 Å². The van der Waals surface area contributed by atoms with E-state index in [1.165, 1.54) is 0 Å². The lowest BCUT2D eigenvalue weighted by atomic mass is 9.80. The van der Waals surface area contributed by atoms with Crippen molar-refractivity contribution in [1.82, 2.24) is 5.32 Å². The molecule has 0 saturated carbocycles.